The van der Waals surface area contributed by atoms with E-state index in [0.29, 0.717) is 0 Å². The van der Waals surface area contributed by atoms with Gasteiger partial charge in [0.2, 0.25) is 0 Å². The minimum absolute atomic E-state index is 0.831. The van der Waals surface area contributed by atoms with E-state index in [0.717, 1.165) is 11.4 Å². The van der Waals surface area contributed by atoms with Crippen LogP contribution in [0.5, 0.6) is 0 Å². The Morgan fingerprint density at radius 1 is 1.55 bits per heavy atom. The summed E-state index contributed by atoms with van der Waals surface area (Å²) in [7, 11) is 4.03. The maximum absolute atomic E-state index is 3.08. The van der Waals surface area contributed by atoms with Crippen molar-refractivity contribution in [3.63, 3.8) is 0 Å². The summed E-state index contributed by atoms with van der Waals surface area (Å²) in [5.41, 5.74) is 0. The summed E-state index contributed by atoms with van der Waals surface area (Å²) < 4.78 is 0. The van der Waals surface area contributed by atoms with Gasteiger partial charge in [0.1, 0.15) is 0 Å². The molecule has 0 atom stereocenters. The van der Waals surface area contributed by atoms with E-state index in [1.807, 2.05) is 31.6 Å². The van der Waals surface area contributed by atoms with Gasteiger partial charge in [-0.05, 0) is 25.5 Å². The summed E-state index contributed by atoms with van der Waals surface area (Å²) in [6.07, 6.45) is 0. The molecule has 0 bridgehead atoms. The normalized spacial score (nSPS) is 9.36. The number of hydrogen-bond donors (Lipinski definition) is 0. The molecule has 0 fully saturated rings. The Bertz CT molecular complexity index is 251. The van der Waals surface area contributed by atoms with Crippen LogP contribution in [-0.4, -0.2) is 25.5 Å². The summed E-state index contributed by atoms with van der Waals surface area (Å²) in [4.78, 5) is 3.20. The number of nitrogens with zero attached hydrogens (tertiary/aromatic N) is 1. The molecule has 0 aliphatic carbocycles. The number of hydrogen-bond acceptors (Lipinski definition) is 2. The molecular formula is C9H11NS. The zero-order valence-corrected chi connectivity index (χ0v) is 7.61. The van der Waals surface area contributed by atoms with Crippen LogP contribution < -0.4 is 0 Å². The Morgan fingerprint density at radius 2 is 2.36 bits per heavy atom. The van der Waals surface area contributed by atoms with Crippen molar-refractivity contribution in [2.75, 3.05) is 20.6 Å². The summed E-state index contributed by atoms with van der Waals surface area (Å²) in [6.45, 7) is 0.831. The first kappa shape index (κ1) is 8.32. The average Bonchev–Trinajstić information content (AvgIpc) is 2.39. The standard InChI is InChI=1S/C9H11NS/c1-10(2)7-3-5-9-6-4-8-11-9/h4,6,8H,7H2,1-2H3. The van der Waals surface area contributed by atoms with Gasteiger partial charge in [0.25, 0.3) is 0 Å². The molecular weight excluding hydrogens is 154 g/mol. The van der Waals surface area contributed by atoms with E-state index in [-0.39, 0.29) is 0 Å². The minimum Gasteiger partial charge on any atom is -0.299 e. The molecule has 0 unspecified atom stereocenters. The van der Waals surface area contributed by atoms with Crippen LogP contribution in [0.3, 0.4) is 0 Å². The lowest BCUT2D eigenvalue weighted by atomic mass is 10.4. The van der Waals surface area contributed by atoms with Crippen LogP contribution in [0, 0.1) is 11.8 Å². The number of thiophene rings is 1. The molecule has 2 heteroatoms. The second-order valence-electron chi connectivity index (χ2n) is 2.52. The lowest BCUT2D eigenvalue weighted by Crippen LogP contribution is -2.10. The third kappa shape index (κ3) is 3.22. The molecule has 58 valence electrons. The second kappa shape index (κ2) is 4.17. The van der Waals surface area contributed by atoms with E-state index < -0.39 is 0 Å². The highest BCUT2D eigenvalue weighted by molar-refractivity contribution is 7.10. The monoisotopic (exact) mass is 165 g/mol. The minimum atomic E-state index is 0.831. The summed E-state index contributed by atoms with van der Waals surface area (Å²) in [6, 6.07) is 4.05. The highest BCUT2D eigenvalue weighted by Gasteiger charge is 1.84. The van der Waals surface area contributed by atoms with Crippen LogP contribution in [0.2, 0.25) is 0 Å². The molecule has 0 aliphatic rings. The third-order valence-corrected chi connectivity index (χ3v) is 1.91. The Kier molecular flexibility index (Phi) is 3.15. The van der Waals surface area contributed by atoms with Gasteiger partial charge in [-0.2, -0.15) is 0 Å². The summed E-state index contributed by atoms with van der Waals surface area (Å²) >= 11 is 1.68. The van der Waals surface area contributed by atoms with Crippen molar-refractivity contribution in [2.24, 2.45) is 0 Å². The topological polar surface area (TPSA) is 3.24 Å². The second-order valence-corrected chi connectivity index (χ2v) is 3.46. The highest BCUT2D eigenvalue weighted by Crippen LogP contribution is 2.05. The maximum Gasteiger partial charge on any atom is 0.0768 e. The average molecular weight is 165 g/mol. The lowest BCUT2D eigenvalue weighted by Gasteiger charge is -2.00. The van der Waals surface area contributed by atoms with Crippen molar-refractivity contribution in [2.45, 2.75) is 0 Å². The Hall–Kier alpha value is -0.780. The van der Waals surface area contributed by atoms with E-state index in [9.17, 15) is 0 Å². The molecule has 11 heavy (non-hydrogen) atoms. The molecule has 0 saturated carbocycles. The fourth-order valence-corrected chi connectivity index (χ4v) is 1.23. The third-order valence-electron chi connectivity index (χ3n) is 1.13. The smallest absolute Gasteiger partial charge is 0.0768 e. The molecule has 0 N–H and O–H groups in total. The van der Waals surface area contributed by atoms with Crippen molar-refractivity contribution in [1.29, 1.82) is 0 Å². The molecule has 1 aromatic rings. The van der Waals surface area contributed by atoms with Crippen LogP contribution in [0.25, 0.3) is 0 Å². The fraction of sp³-hybridized carbons (Fsp3) is 0.333. The van der Waals surface area contributed by atoms with Gasteiger partial charge in [-0.15, -0.1) is 11.3 Å². The van der Waals surface area contributed by atoms with E-state index in [1.54, 1.807) is 11.3 Å². The van der Waals surface area contributed by atoms with Crippen LogP contribution in [0.15, 0.2) is 17.5 Å². The molecule has 0 aromatic carbocycles. The molecule has 0 saturated heterocycles. The molecule has 0 radical (unpaired) electrons. The van der Waals surface area contributed by atoms with Crippen LogP contribution in [0.4, 0.5) is 0 Å². The van der Waals surface area contributed by atoms with E-state index >= 15 is 0 Å². The van der Waals surface area contributed by atoms with Crippen molar-refractivity contribution >= 4 is 11.3 Å². The maximum atomic E-state index is 3.08. The Labute approximate surface area is 71.7 Å². The van der Waals surface area contributed by atoms with Crippen molar-refractivity contribution in [3.8, 4) is 11.8 Å². The van der Waals surface area contributed by atoms with Crippen LogP contribution in [-0.2, 0) is 0 Å². The molecule has 0 spiro atoms. The summed E-state index contributed by atoms with van der Waals surface area (Å²) in [5.74, 6) is 6.16. The van der Waals surface area contributed by atoms with Gasteiger partial charge in [-0.1, -0.05) is 17.9 Å². The fourth-order valence-electron chi connectivity index (χ4n) is 0.634. The van der Waals surface area contributed by atoms with E-state index in [4.69, 9.17) is 0 Å². The molecule has 1 aromatic heterocycles. The molecule has 1 nitrogen and oxygen atoms in total. The van der Waals surface area contributed by atoms with E-state index in [1.165, 1.54) is 0 Å². The van der Waals surface area contributed by atoms with Gasteiger partial charge in [-0.25, -0.2) is 0 Å². The van der Waals surface area contributed by atoms with Gasteiger partial charge in [-0.3, -0.25) is 4.90 Å². The van der Waals surface area contributed by atoms with Crippen molar-refractivity contribution in [1.82, 2.24) is 4.90 Å². The lowest BCUT2D eigenvalue weighted by molar-refractivity contribution is 0.464. The first-order valence-corrected chi connectivity index (χ1v) is 4.34. The number of rotatable bonds is 1. The predicted molar refractivity (Wildman–Crippen MR) is 49.8 cm³/mol. The first-order valence-electron chi connectivity index (χ1n) is 3.46. The Balaban J connectivity index is 2.46. The van der Waals surface area contributed by atoms with Crippen molar-refractivity contribution < 1.29 is 0 Å². The molecule has 0 aliphatic heterocycles. The molecule has 1 heterocycles. The largest absolute Gasteiger partial charge is 0.299 e. The van der Waals surface area contributed by atoms with Gasteiger partial charge < -0.3 is 0 Å². The van der Waals surface area contributed by atoms with Crippen LogP contribution in [0.1, 0.15) is 4.88 Å². The SMILES string of the molecule is CN(C)CC#Cc1cccs1. The highest BCUT2D eigenvalue weighted by atomic mass is 32.1. The van der Waals surface area contributed by atoms with Gasteiger partial charge in [0.15, 0.2) is 0 Å². The molecule has 0 amide bonds. The van der Waals surface area contributed by atoms with Crippen LogP contribution >= 0.6 is 11.3 Å². The van der Waals surface area contributed by atoms with Crippen molar-refractivity contribution in [3.05, 3.63) is 22.4 Å². The van der Waals surface area contributed by atoms with E-state index in [2.05, 4.69) is 16.7 Å². The quantitative estimate of drug-likeness (QED) is 0.572. The van der Waals surface area contributed by atoms with Gasteiger partial charge in [0.05, 0.1) is 11.4 Å². The zero-order valence-electron chi connectivity index (χ0n) is 6.79. The Morgan fingerprint density at radius 3 is 2.91 bits per heavy atom. The van der Waals surface area contributed by atoms with Gasteiger partial charge >= 0.3 is 0 Å². The molecule has 1 rings (SSSR count). The van der Waals surface area contributed by atoms with Gasteiger partial charge in [0, 0.05) is 0 Å². The summed E-state index contributed by atoms with van der Waals surface area (Å²) in [5, 5.41) is 2.04. The first-order chi connectivity index (χ1) is 5.29. The predicted octanol–water partition coefficient (Wildman–Crippen LogP) is 1.66. The zero-order chi connectivity index (χ0) is 8.10.